The topological polar surface area (TPSA) is 26.3 Å². The molecule has 0 heterocycles. The van der Waals surface area contributed by atoms with Crippen molar-refractivity contribution in [3.63, 3.8) is 0 Å². The van der Waals surface area contributed by atoms with Crippen molar-refractivity contribution in [2.24, 2.45) is 11.8 Å². The Labute approximate surface area is 67.9 Å². The van der Waals surface area contributed by atoms with Gasteiger partial charge >= 0.3 is 5.97 Å². The summed E-state index contributed by atoms with van der Waals surface area (Å²) in [5.74, 6) is 0.576. The van der Waals surface area contributed by atoms with Gasteiger partial charge in [0.15, 0.2) is 0 Å². The van der Waals surface area contributed by atoms with Gasteiger partial charge in [0.1, 0.15) is 0 Å². The van der Waals surface area contributed by atoms with E-state index < -0.39 is 0 Å². The molecule has 0 N–H and O–H groups in total. The van der Waals surface area contributed by atoms with Crippen LogP contribution < -0.4 is 0 Å². The third-order valence-corrected chi connectivity index (χ3v) is 2.41. The Morgan fingerprint density at radius 2 is 2.36 bits per heavy atom. The monoisotopic (exact) mass is 155 g/mol. The highest BCUT2D eigenvalue weighted by molar-refractivity contribution is 5.72. The first-order valence-electron chi connectivity index (χ1n) is 4.15. The van der Waals surface area contributed by atoms with E-state index in [0.717, 1.165) is 19.3 Å². The lowest BCUT2D eigenvalue weighted by Gasteiger charge is -2.25. The average molecular weight is 155 g/mol. The Balaban J connectivity index is 2.47. The number of carbonyl (C=O) groups excluding carboxylic acids is 1. The zero-order valence-corrected chi connectivity index (χ0v) is 7.17. The first-order chi connectivity index (χ1) is 5.25. The number of hydrogen-bond donors (Lipinski definition) is 0. The molecule has 0 aromatic carbocycles. The molecule has 1 aliphatic rings. The summed E-state index contributed by atoms with van der Waals surface area (Å²) in [6, 6.07) is 0. The van der Waals surface area contributed by atoms with E-state index >= 15 is 0 Å². The molecular weight excluding hydrogens is 140 g/mol. The van der Waals surface area contributed by atoms with E-state index in [-0.39, 0.29) is 11.9 Å². The van der Waals surface area contributed by atoms with E-state index in [1.165, 1.54) is 7.11 Å². The molecule has 0 amide bonds. The summed E-state index contributed by atoms with van der Waals surface area (Å²) in [5, 5.41) is 0. The summed E-state index contributed by atoms with van der Waals surface area (Å²) in [7, 11) is 1.47. The van der Waals surface area contributed by atoms with Crippen molar-refractivity contribution < 1.29 is 9.53 Å². The van der Waals surface area contributed by atoms with E-state index in [0.29, 0.717) is 5.92 Å². The van der Waals surface area contributed by atoms with Gasteiger partial charge in [0.05, 0.1) is 13.0 Å². The molecule has 1 aliphatic carbocycles. The summed E-state index contributed by atoms with van der Waals surface area (Å²) in [6.07, 6.45) is 5.34. The number of carbonyl (C=O) groups is 1. The van der Waals surface area contributed by atoms with Gasteiger partial charge in [0.25, 0.3) is 0 Å². The molecule has 2 heteroatoms. The van der Waals surface area contributed by atoms with Crippen molar-refractivity contribution in [1.29, 1.82) is 0 Å². The Morgan fingerprint density at radius 1 is 1.64 bits per heavy atom. The van der Waals surface area contributed by atoms with E-state index in [2.05, 4.69) is 13.3 Å². The van der Waals surface area contributed by atoms with Crippen molar-refractivity contribution in [3.05, 3.63) is 6.42 Å². The first kappa shape index (κ1) is 8.57. The number of methoxy groups -OCH3 is 1. The molecule has 2 atom stereocenters. The zero-order valence-electron chi connectivity index (χ0n) is 7.17. The molecule has 0 aromatic heterocycles. The molecule has 0 saturated heterocycles. The molecule has 1 fully saturated rings. The van der Waals surface area contributed by atoms with Crippen LogP contribution in [0.5, 0.6) is 0 Å². The molecular formula is C9H15O2. The molecule has 0 aliphatic heterocycles. The van der Waals surface area contributed by atoms with Crippen molar-refractivity contribution >= 4 is 5.97 Å². The van der Waals surface area contributed by atoms with Gasteiger partial charge in [0, 0.05) is 0 Å². The minimum Gasteiger partial charge on any atom is -0.469 e. The lowest BCUT2D eigenvalue weighted by atomic mass is 9.80. The van der Waals surface area contributed by atoms with Crippen molar-refractivity contribution in [2.75, 3.05) is 7.11 Å². The summed E-state index contributed by atoms with van der Waals surface area (Å²) >= 11 is 0. The van der Waals surface area contributed by atoms with Crippen molar-refractivity contribution in [1.82, 2.24) is 0 Å². The van der Waals surface area contributed by atoms with Crippen molar-refractivity contribution in [2.45, 2.75) is 26.2 Å². The van der Waals surface area contributed by atoms with Gasteiger partial charge in [-0.05, 0) is 31.6 Å². The summed E-state index contributed by atoms with van der Waals surface area (Å²) in [4.78, 5) is 11.1. The number of esters is 1. The Kier molecular flexibility index (Phi) is 2.92. The smallest absolute Gasteiger partial charge is 0.308 e. The van der Waals surface area contributed by atoms with Crippen LogP contribution in [0.3, 0.4) is 0 Å². The van der Waals surface area contributed by atoms with Gasteiger partial charge < -0.3 is 4.74 Å². The second-order valence-corrected chi connectivity index (χ2v) is 3.21. The zero-order chi connectivity index (χ0) is 8.27. The van der Waals surface area contributed by atoms with Crippen LogP contribution in [0.25, 0.3) is 0 Å². The van der Waals surface area contributed by atoms with Crippen LogP contribution in [0.15, 0.2) is 0 Å². The molecule has 2 unspecified atom stereocenters. The number of hydrogen-bond acceptors (Lipinski definition) is 2. The Morgan fingerprint density at radius 3 is 2.91 bits per heavy atom. The predicted molar refractivity (Wildman–Crippen MR) is 42.8 cm³/mol. The fourth-order valence-electron chi connectivity index (χ4n) is 1.63. The van der Waals surface area contributed by atoms with Gasteiger partial charge in [-0.1, -0.05) is 6.92 Å². The van der Waals surface area contributed by atoms with Crippen LogP contribution in [0.2, 0.25) is 0 Å². The fraction of sp³-hybridized carbons (Fsp3) is 0.778. The van der Waals surface area contributed by atoms with Crippen molar-refractivity contribution in [3.8, 4) is 0 Å². The normalized spacial score (nSPS) is 31.5. The third-order valence-electron chi connectivity index (χ3n) is 2.41. The molecule has 1 rings (SSSR count). The lowest BCUT2D eigenvalue weighted by molar-refractivity contribution is -0.147. The maximum Gasteiger partial charge on any atom is 0.308 e. The second kappa shape index (κ2) is 3.74. The summed E-state index contributed by atoms with van der Waals surface area (Å²) < 4.78 is 4.71. The molecule has 0 bridgehead atoms. The maximum absolute atomic E-state index is 11.1. The van der Waals surface area contributed by atoms with Gasteiger partial charge in [-0.2, -0.15) is 0 Å². The maximum atomic E-state index is 11.1. The molecule has 0 spiro atoms. The highest BCUT2D eigenvalue weighted by Gasteiger charge is 2.28. The quantitative estimate of drug-likeness (QED) is 0.540. The fourth-order valence-corrected chi connectivity index (χ4v) is 1.63. The van der Waals surface area contributed by atoms with E-state index in [1.807, 2.05) is 0 Å². The summed E-state index contributed by atoms with van der Waals surface area (Å²) in [6.45, 7) is 2.11. The van der Waals surface area contributed by atoms with Gasteiger partial charge in [-0.3, -0.25) is 4.79 Å². The second-order valence-electron chi connectivity index (χ2n) is 3.21. The van der Waals surface area contributed by atoms with Crippen LogP contribution in [0.4, 0.5) is 0 Å². The van der Waals surface area contributed by atoms with E-state index in [1.54, 1.807) is 0 Å². The predicted octanol–water partition coefficient (Wildman–Crippen LogP) is 1.80. The molecule has 63 valence electrons. The Bertz CT molecular complexity index is 142. The van der Waals surface area contributed by atoms with Crippen LogP contribution in [-0.2, 0) is 9.53 Å². The van der Waals surface area contributed by atoms with Gasteiger partial charge in [-0.15, -0.1) is 0 Å². The molecule has 0 aromatic rings. The van der Waals surface area contributed by atoms with Gasteiger partial charge in [-0.25, -0.2) is 0 Å². The highest BCUT2D eigenvalue weighted by Crippen LogP contribution is 2.29. The average Bonchev–Trinajstić information content (AvgIpc) is 2.04. The van der Waals surface area contributed by atoms with E-state index in [9.17, 15) is 4.79 Å². The molecule has 11 heavy (non-hydrogen) atoms. The first-order valence-corrected chi connectivity index (χ1v) is 4.15. The minimum atomic E-state index is -0.0365. The van der Waals surface area contributed by atoms with Crippen LogP contribution in [-0.4, -0.2) is 13.1 Å². The van der Waals surface area contributed by atoms with Crippen LogP contribution >= 0.6 is 0 Å². The number of rotatable bonds is 1. The van der Waals surface area contributed by atoms with Gasteiger partial charge in [0.2, 0.25) is 0 Å². The minimum absolute atomic E-state index is 0.0365. The summed E-state index contributed by atoms with van der Waals surface area (Å²) in [5.41, 5.74) is 0. The Hall–Kier alpha value is -0.530. The van der Waals surface area contributed by atoms with E-state index in [4.69, 9.17) is 4.74 Å². The van der Waals surface area contributed by atoms with Crippen LogP contribution in [0, 0.1) is 18.3 Å². The highest BCUT2D eigenvalue weighted by atomic mass is 16.5. The number of ether oxygens (including phenoxy) is 1. The van der Waals surface area contributed by atoms with Crippen LogP contribution in [0.1, 0.15) is 26.2 Å². The molecule has 1 radical (unpaired) electrons. The molecule has 1 saturated carbocycles. The largest absolute Gasteiger partial charge is 0.469 e. The standard InChI is InChI=1S/C9H15O2/c1-7-5-3-4-6-8(7)9(10)11-2/h3,7-8H,4-6H2,1-2H3. The third kappa shape index (κ3) is 1.95. The molecule has 2 nitrogen and oxygen atoms in total. The SMILES string of the molecule is COC(=O)C1CC[CH]CC1C. The lowest BCUT2D eigenvalue weighted by Crippen LogP contribution is -2.26.